The van der Waals surface area contributed by atoms with Crippen LogP contribution in [0.4, 0.5) is 22.0 Å². The maximum atomic E-state index is 12.7. The number of aromatic nitrogens is 1. The summed E-state index contributed by atoms with van der Waals surface area (Å²) in [6, 6.07) is 9.54. The van der Waals surface area contributed by atoms with Gasteiger partial charge in [-0.15, -0.1) is 0 Å². The molecule has 22 heavy (non-hydrogen) atoms. The lowest BCUT2D eigenvalue weighted by molar-refractivity contribution is -0.360. The molecule has 1 heterocycles. The molecule has 0 aliphatic rings. The zero-order valence-electron chi connectivity index (χ0n) is 10.9. The van der Waals surface area contributed by atoms with Gasteiger partial charge < -0.3 is 4.74 Å². The molecule has 2 nitrogen and oxygen atoms in total. The third-order valence-electron chi connectivity index (χ3n) is 2.72. The number of benzene rings is 1. The maximum Gasteiger partial charge on any atom is 0.499 e. The molecule has 0 unspecified atom stereocenters. The minimum atomic E-state index is -5.78. The van der Waals surface area contributed by atoms with Crippen LogP contribution in [0.3, 0.4) is 0 Å². The zero-order valence-corrected chi connectivity index (χ0v) is 12.5. The first-order valence-electron chi connectivity index (χ1n) is 5.98. The van der Waals surface area contributed by atoms with Gasteiger partial charge in [-0.3, -0.25) is 4.98 Å². The first kappa shape index (κ1) is 16.7. The lowest BCUT2D eigenvalue weighted by Crippen LogP contribution is -2.41. The number of alkyl halides is 6. The summed E-state index contributed by atoms with van der Waals surface area (Å²) in [6.45, 7) is 0. The van der Waals surface area contributed by atoms with Crippen LogP contribution in [-0.4, -0.2) is 17.3 Å². The molecular formula is C14H9BrF5NO. The Kier molecular flexibility index (Phi) is 4.69. The van der Waals surface area contributed by atoms with Crippen LogP contribution in [-0.2, 0) is 5.33 Å². The monoisotopic (exact) mass is 381 g/mol. The molecule has 1 aromatic heterocycles. The Morgan fingerprint density at radius 1 is 0.955 bits per heavy atom. The van der Waals surface area contributed by atoms with Crippen LogP contribution in [0.25, 0.3) is 11.3 Å². The van der Waals surface area contributed by atoms with E-state index in [0.717, 1.165) is 17.8 Å². The predicted octanol–water partition coefficient (Wildman–Crippen LogP) is 5.18. The number of hydrogen-bond donors (Lipinski definition) is 0. The van der Waals surface area contributed by atoms with E-state index in [-0.39, 0.29) is 0 Å². The van der Waals surface area contributed by atoms with E-state index >= 15 is 0 Å². The minimum Gasteiger partial charge on any atom is -0.424 e. The smallest absolute Gasteiger partial charge is 0.424 e. The third kappa shape index (κ3) is 3.73. The van der Waals surface area contributed by atoms with Gasteiger partial charge in [-0.05, 0) is 17.7 Å². The molecule has 8 heteroatoms. The first-order valence-corrected chi connectivity index (χ1v) is 7.10. The fraction of sp³-hybridized carbons (Fsp3) is 0.214. The highest BCUT2D eigenvalue weighted by atomic mass is 79.9. The van der Waals surface area contributed by atoms with E-state index in [2.05, 4.69) is 25.7 Å². The highest BCUT2D eigenvalue weighted by molar-refractivity contribution is 9.08. The summed E-state index contributed by atoms with van der Waals surface area (Å²) in [7, 11) is 0. The highest BCUT2D eigenvalue weighted by Gasteiger charge is 2.61. The molecule has 0 saturated heterocycles. The Morgan fingerprint density at radius 3 is 2.05 bits per heavy atom. The van der Waals surface area contributed by atoms with Crippen molar-refractivity contribution in [3.63, 3.8) is 0 Å². The molecule has 0 spiro atoms. The number of ether oxygens (including phenoxy) is 1. The summed E-state index contributed by atoms with van der Waals surface area (Å²) in [5.74, 6) is -0.664. The van der Waals surface area contributed by atoms with Gasteiger partial charge in [-0.1, -0.05) is 40.2 Å². The van der Waals surface area contributed by atoms with E-state index < -0.39 is 18.0 Å². The van der Waals surface area contributed by atoms with Gasteiger partial charge in [0.2, 0.25) is 0 Å². The number of pyridine rings is 1. The molecule has 0 amide bonds. The summed E-state index contributed by atoms with van der Waals surface area (Å²) in [6.07, 6.45) is -10.2. The van der Waals surface area contributed by atoms with Crippen LogP contribution in [0.5, 0.6) is 5.75 Å². The summed E-state index contributed by atoms with van der Waals surface area (Å²) in [4.78, 5) is 3.83. The molecule has 2 aromatic rings. The van der Waals surface area contributed by atoms with E-state index in [1.54, 1.807) is 12.1 Å². The Bertz CT molecular complexity index is 625. The van der Waals surface area contributed by atoms with Gasteiger partial charge in [0.1, 0.15) is 5.75 Å². The van der Waals surface area contributed by atoms with Crippen molar-refractivity contribution in [3.05, 3.63) is 48.2 Å². The summed E-state index contributed by atoms with van der Waals surface area (Å²) in [5.41, 5.74) is 2.18. The molecule has 0 atom stereocenters. The second kappa shape index (κ2) is 6.20. The molecule has 0 saturated carbocycles. The molecule has 0 aliphatic carbocycles. The van der Waals surface area contributed by atoms with Crippen LogP contribution in [0, 0.1) is 0 Å². The van der Waals surface area contributed by atoms with Gasteiger partial charge in [0.25, 0.3) is 0 Å². The third-order valence-corrected chi connectivity index (χ3v) is 3.36. The normalized spacial score (nSPS) is 12.3. The fourth-order valence-corrected chi connectivity index (χ4v) is 1.96. The molecule has 0 fully saturated rings. The topological polar surface area (TPSA) is 22.1 Å². The van der Waals surface area contributed by atoms with Gasteiger partial charge in [0.15, 0.2) is 0 Å². The second-order valence-corrected chi connectivity index (χ2v) is 4.89. The van der Waals surface area contributed by atoms with Crippen LogP contribution in [0.1, 0.15) is 5.56 Å². The van der Waals surface area contributed by atoms with E-state index in [1.165, 1.54) is 6.07 Å². The molecular weight excluding hydrogens is 373 g/mol. The van der Waals surface area contributed by atoms with E-state index in [9.17, 15) is 22.0 Å². The molecule has 0 N–H and O–H groups in total. The molecule has 2 rings (SSSR count). The first-order chi connectivity index (χ1) is 10.2. The van der Waals surface area contributed by atoms with Crippen molar-refractivity contribution in [1.29, 1.82) is 0 Å². The number of halogens is 6. The lowest BCUT2D eigenvalue weighted by atomic mass is 10.1. The molecule has 1 aromatic carbocycles. The van der Waals surface area contributed by atoms with Crippen molar-refractivity contribution < 1.29 is 26.7 Å². The molecule has 0 aliphatic heterocycles. The van der Waals surface area contributed by atoms with Crippen molar-refractivity contribution in [1.82, 2.24) is 4.98 Å². The fourth-order valence-electron chi connectivity index (χ4n) is 1.58. The lowest BCUT2D eigenvalue weighted by Gasteiger charge is -2.19. The van der Waals surface area contributed by atoms with Crippen molar-refractivity contribution in [2.75, 3.05) is 0 Å². The van der Waals surface area contributed by atoms with Crippen molar-refractivity contribution >= 4 is 15.9 Å². The van der Waals surface area contributed by atoms with Crippen LogP contribution >= 0.6 is 15.9 Å². The van der Waals surface area contributed by atoms with Gasteiger partial charge in [0.05, 0.1) is 11.9 Å². The molecule has 0 radical (unpaired) electrons. The average molecular weight is 382 g/mol. The minimum absolute atomic E-state index is 0.434. The van der Waals surface area contributed by atoms with Crippen LogP contribution < -0.4 is 4.74 Å². The Hall–Kier alpha value is -1.70. The number of rotatable bonds is 4. The van der Waals surface area contributed by atoms with Crippen LogP contribution in [0.15, 0.2) is 42.6 Å². The Balaban J connectivity index is 2.16. The zero-order chi connectivity index (χ0) is 16.4. The van der Waals surface area contributed by atoms with Gasteiger partial charge >= 0.3 is 12.3 Å². The molecule has 0 bridgehead atoms. The Labute approximate surface area is 131 Å². The van der Waals surface area contributed by atoms with Crippen molar-refractivity contribution in [2.24, 2.45) is 0 Å². The van der Waals surface area contributed by atoms with Gasteiger partial charge in [-0.25, -0.2) is 0 Å². The van der Waals surface area contributed by atoms with Crippen molar-refractivity contribution in [3.8, 4) is 17.0 Å². The number of hydrogen-bond acceptors (Lipinski definition) is 2. The molecule has 118 valence electrons. The maximum absolute atomic E-state index is 12.7. The SMILES string of the molecule is FC(F)(F)C(F)(F)Oc1ccc(-c2ccc(CBr)cc2)nc1. The summed E-state index contributed by atoms with van der Waals surface area (Å²) < 4.78 is 65.3. The predicted molar refractivity (Wildman–Crippen MR) is 73.9 cm³/mol. The van der Waals surface area contributed by atoms with E-state index in [1.807, 2.05) is 12.1 Å². The van der Waals surface area contributed by atoms with Gasteiger partial charge in [0, 0.05) is 10.9 Å². The largest absolute Gasteiger partial charge is 0.499 e. The second-order valence-electron chi connectivity index (χ2n) is 4.33. The standard InChI is InChI=1S/C14H9BrF5NO/c15-7-9-1-3-10(4-2-9)12-6-5-11(8-21-12)22-14(19,20)13(16,17)18/h1-6,8H,7H2. The highest BCUT2D eigenvalue weighted by Crippen LogP contribution is 2.37. The summed E-state index contributed by atoms with van der Waals surface area (Å²) in [5, 5.41) is 0.681. The Morgan fingerprint density at radius 2 is 1.59 bits per heavy atom. The van der Waals surface area contributed by atoms with Crippen LogP contribution in [0.2, 0.25) is 0 Å². The quantitative estimate of drug-likeness (QED) is 0.537. The summed E-state index contributed by atoms with van der Waals surface area (Å²) >= 11 is 3.30. The van der Waals surface area contributed by atoms with Gasteiger partial charge in [-0.2, -0.15) is 22.0 Å². The van der Waals surface area contributed by atoms with E-state index in [0.29, 0.717) is 16.6 Å². The van der Waals surface area contributed by atoms with E-state index in [4.69, 9.17) is 0 Å². The average Bonchev–Trinajstić information content (AvgIpc) is 2.47. The number of nitrogens with zero attached hydrogens (tertiary/aromatic N) is 1. The van der Waals surface area contributed by atoms with Crippen molar-refractivity contribution in [2.45, 2.75) is 17.6 Å².